The monoisotopic (exact) mass is 442 g/mol. The first kappa shape index (κ1) is 21.0. The minimum Gasteiger partial charge on any atom is -0.481 e. The molecular formula is C26H26N4O3. The summed E-state index contributed by atoms with van der Waals surface area (Å²) in [5.41, 5.74) is 3.38. The van der Waals surface area contributed by atoms with Crippen LogP contribution in [0.1, 0.15) is 11.1 Å². The Morgan fingerprint density at radius 3 is 2.30 bits per heavy atom. The molecule has 2 aromatic carbocycles. The number of nitrogens with zero attached hydrogens (tertiary/aromatic N) is 4. The van der Waals surface area contributed by atoms with Gasteiger partial charge in [0.05, 0.1) is 24.4 Å². The maximum atomic E-state index is 13.5. The van der Waals surface area contributed by atoms with Crippen molar-refractivity contribution >= 4 is 5.69 Å². The van der Waals surface area contributed by atoms with Gasteiger partial charge in [0.25, 0.3) is 0 Å². The molecule has 0 radical (unpaired) electrons. The fourth-order valence-corrected chi connectivity index (χ4v) is 4.06. The van der Waals surface area contributed by atoms with Crippen LogP contribution >= 0.6 is 0 Å². The molecule has 4 aromatic rings. The van der Waals surface area contributed by atoms with E-state index in [0.29, 0.717) is 18.0 Å². The van der Waals surface area contributed by atoms with E-state index in [0.717, 1.165) is 44.0 Å². The van der Waals surface area contributed by atoms with Crippen molar-refractivity contribution in [3.8, 4) is 11.4 Å². The molecule has 0 unspecified atom stereocenters. The Morgan fingerprint density at radius 2 is 1.61 bits per heavy atom. The van der Waals surface area contributed by atoms with Gasteiger partial charge in [-0.1, -0.05) is 48.5 Å². The second kappa shape index (κ2) is 9.75. The molecule has 5 rings (SSSR count). The Kier molecular flexibility index (Phi) is 6.21. The standard InChI is InChI=1S/C26H26N4O3/c31-26-25(33-20-21-7-3-1-4-8-21)24(17-27-30(26)23-9-5-2-6-10-23)29-14-12-28(13-15-29)18-22-11-16-32-19-22/h1-11,16-17,19H,12-15,18,20H2. The summed E-state index contributed by atoms with van der Waals surface area (Å²) in [6.45, 7) is 4.51. The second-order valence-electron chi connectivity index (χ2n) is 8.08. The van der Waals surface area contributed by atoms with Gasteiger partial charge in [0, 0.05) is 38.3 Å². The van der Waals surface area contributed by atoms with Crippen LogP contribution in [0, 0.1) is 0 Å². The molecule has 1 aliphatic heterocycles. The number of ether oxygens (including phenoxy) is 1. The van der Waals surface area contributed by atoms with Gasteiger partial charge in [0.15, 0.2) is 0 Å². The number of furan rings is 1. The topological polar surface area (TPSA) is 63.7 Å². The zero-order valence-electron chi connectivity index (χ0n) is 18.3. The van der Waals surface area contributed by atoms with E-state index in [1.807, 2.05) is 66.7 Å². The molecule has 7 nitrogen and oxygen atoms in total. The summed E-state index contributed by atoms with van der Waals surface area (Å²) in [7, 11) is 0. The summed E-state index contributed by atoms with van der Waals surface area (Å²) in [5.74, 6) is 0.334. The zero-order chi connectivity index (χ0) is 22.5. The van der Waals surface area contributed by atoms with E-state index in [4.69, 9.17) is 9.15 Å². The van der Waals surface area contributed by atoms with Crippen molar-refractivity contribution in [2.45, 2.75) is 13.2 Å². The molecule has 0 aliphatic carbocycles. The highest BCUT2D eigenvalue weighted by atomic mass is 16.5. The molecule has 0 amide bonds. The molecule has 0 saturated carbocycles. The number of aromatic nitrogens is 2. The predicted molar refractivity (Wildman–Crippen MR) is 127 cm³/mol. The lowest BCUT2D eigenvalue weighted by Crippen LogP contribution is -2.46. The Labute approximate surface area is 192 Å². The van der Waals surface area contributed by atoms with Crippen molar-refractivity contribution in [3.05, 3.63) is 107 Å². The third kappa shape index (κ3) is 4.83. The summed E-state index contributed by atoms with van der Waals surface area (Å²) in [6.07, 6.45) is 5.24. The van der Waals surface area contributed by atoms with E-state index in [9.17, 15) is 4.79 Å². The average molecular weight is 443 g/mol. The minimum atomic E-state index is -0.254. The van der Waals surface area contributed by atoms with Crippen molar-refractivity contribution in [2.24, 2.45) is 0 Å². The fraction of sp³-hybridized carbons (Fsp3) is 0.231. The van der Waals surface area contributed by atoms with Gasteiger partial charge >= 0.3 is 5.56 Å². The lowest BCUT2D eigenvalue weighted by Gasteiger charge is -2.36. The van der Waals surface area contributed by atoms with Crippen LogP contribution in [-0.2, 0) is 13.2 Å². The number of piperazine rings is 1. The molecule has 1 saturated heterocycles. The van der Waals surface area contributed by atoms with Gasteiger partial charge in [-0.05, 0) is 23.8 Å². The van der Waals surface area contributed by atoms with Crippen LogP contribution in [0.4, 0.5) is 5.69 Å². The number of rotatable bonds is 7. The number of para-hydroxylation sites is 1. The molecule has 33 heavy (non-hydrogen) atoms. The van der Waals surface area contributed by atoms with E-state index >= 15 is 0 Å². The zero-order valence-corrected chi connectivity index (χ0v) is 18.3. The molecule has 168 valence electrons. The SMILES string of the molecule is O=c1c(OCc2ccccc2)c(N2CCN(Cc3ccoc3)CC2)cnn1-c1ccccc1. The maximum Gasteiger partial charge on any atom is 0.316 e. The maximum absolute atomic E-state index is 13.5. The lowest BCUT2D eigenvalue weighted by molar-refractivity contribution is 0.246. The van der Waals surface area contributed by atoms with Crippen LogP contribution in [0.5, 0.6) is 5.75 Å². The molecule has 1 aliphatic rings. The van der Waals surface area contributed by atoms with Crippen LogP contribution in [0.15, 0.2) is 94.7 Å². The van der Waals surface area contributed by atoms with E-state index in [2.05, 4.69) is 14.9 Å². The van der Waals surface area contributed by atoms with Crippen LogP contribution in [0.3, 0.4) is 0 Å². The molecule has 1 fully saturated rings. The van der Waals surface area contributed by atoms with Crippen molar-refractivity contribution in [3.63, 3.8) is 0 Å². The highest BCUT2D eigenvalue weighted by Crippen LogP contribution is 2.26. The number of hydrogen-bond donors (Lipinski definition) is 0. The third-order valence-electron chi connectivity index (χ3n) is 5.84. The van der Waals surface area contributed by atoms with Crippen LogP contribution in [0.25, 0.3) is 5.69 Å². The first-order valence-electron chi connectivity index (χ1n) is 11.1. The summed E-state index contributed by atoms with van der Waals surface area (Å²) < 4.78 is 12.7. The van der Waals surface area contributed by atoms with Gasteiger partial charge in [0.2, 0.25) is 5.75 Å². The Morgan fingerprint density at radius 1 is 0.879 bits per heavy atom. The summed E-state index contributed by atoms with van der Waals surface area (Å²) in [5, 5.41) is 4.48. The third-order valence-corrected chi connectivity index (χ3v) is 5.84. The predicted octanol–water partition coefficient (Wildman–Crippen LogP) is 3.73. The first-order valence-corrected chi connectivity index (χ1v) is 11.1. The van der Waals surface area contributed by atoms with Crippen molar-refractivity contribution in [2.75, 3.05) is 31.1 Å². The van der Waals surface area contributed by atoms with Gasteiger partial charge in [0.1, 0.15) is 12.3 Å². The van der Waals surface area contributed by atoms with E-state index in [1.165, 1.54) is 10.2 Å². The largest absolute Gasteiger partial charge is 0.481 e. The van der Waals surface area contributed by atoms with E-state index < -0.39 is 0 Å². The molecule has 0 N–H and O–H groups in total. The Bertz CT molecular complexity index is 1220. The van der Waals surface area contributed by atoms with Gasteiger partial charge in [-0.2, -0.15) is 9.78 Å². The normalized spacial score (nSPS) is 14.4. The molecular weight excluding hydrogens is 416 g/mol. The molecule has 0 atom stereocenters. The van der Waals surface area contributed by atoms with Crippen molar-refractivity contribution in [1.82, 2.24) is 14.7 Å². The molecule has 0 bridgehead atoms. The fourth-order valence-electron chi connectivity index (χ4n) is 4.06. The summed E-state index contributed by atoms with van der Waals surface area (Å²) >= 11 is 0. The first-order chi connectivity index (χ1) is 16.3. The summed E-state index contributed by atoms with van der Waals surface area (Å²) in [6, 6.07) is 21.3. The van der Waals surface area contributed by atoms with Gasteiger partial charge in [-0.25, -0.2) is 0 Å². The quantitative estimate of drug-likeness (QED) is 0.435. The molecule has 7 heteroatoms. The van der Waals surface area contributed by atoms with Crippen molar-refractivity contribution < 1.29 is 9.15 Å². The Balaban J connectivity index is 1.40. The van der Waals surface area contributed by atoms with Gasteiger partial charge < -0.3 is 14.1 Å². The Hall–Kier alpha value is -3.84. The lowest BCUT2D eigenvalue weighted by atomic mass is 10.2. The number of benzene rings is 2. The van der Waals surface area contributed by atoms with Crippen LogP contribution in [-0.4, -0.2) is 40.9 Å². The van der Waals surface area contributed by atoms with Crippen LogP contribution < -0.4 is 15.2 Å². The van der Waals surface area contributed by atoms with Crippen LogP contribution in [0.2, 0.25) is 0 Å². The second-order valence-corrected chi connectivity index (χ2v) is 8.08. The minimum absolute atomic E-state index is 0.254. The molecule has 0 spiro atoms. The highest BCUT2D eigenvalue weighted by molar-refractivity contribution is 5.57. The molecule has 3 heterocycles. The van der Waals surface area contributed by atoms with Crippen molar-refractivity contribution in [1.29, 1.82) is 0 Å². The number of hydrogen-bond acceptors (Lipinski definition) is 6. The van der Waals surface area contributed by atoms with E-state index in [-0.39, 0.29) is 5.56 Å². The molecule has 2 aromatic heterocycles. The smallest absolute Gasteiger partial charge is 0.316 e. The number of anilines is 1. The van der Waals surface area contributed by atoms with Gasteiger partial charge in [-0.15, -0.1) is 0 Å². The highest BCUT2D eigenvalue weighted by Gasteiger charge is 2.23. The van der Waals surface area contributed by atoms with Gasteiger partial charge in [-0.3, -0.25) is 9.69 Å². The average Bonchev–Trinajstić information content (AvgIpc) is 3.38. The summed E-state index contributed by atoms with van der Waals surface area (Å²) in [4.78, 5) is 18.0. The van der Waals surface area contributed by atoms with E-state index in [1.54, 1.807) is 18.7 Å².